The van der Waals surface area contributed by atoms with Gasteiger partial charge in [0.15, 0.2) is 0 Å². The van der Waals surface area contributed by atoms with E-state index in [1.54, 1.807) is 0 Å². The standard InChI is InChI=1S/C29H38N2O4/c1-33-27-4-2-14-31(19-27)18-21-6-7-24-17-25(11-8-23(24)16-21)30-29(32)22-9-12-26(13-10-22)35-20-28-5-3-15-34-28/h6-7,9-10,12-13,16,25,27-28H,2-5,8,11,14-15,17-20H2,1H3,(H,30,32)/t25-,27?,28-/m0/s1. The van der Waals surface area contributed by atoms with Crippen molar-refractivity contribution in [3.63, 3.8) is 0 Å². The number of hydrogen-bond donors (Lipinski definition) is 1. The third kappa shape index (κ3) is 6.43. The molecule has 0 bridgehead atoms. The maximum atomic E-state index is 12.8. The van der Waals surface area contributed by atoms with Gasteiger partial charge in [0.05, 0.1) is 12.2 Å². The van der Waals surface area contributed by atoms with Crippen LogP contribution in [0.15, 0.2) is 42.5 Å². The number of carbonyl (C=O) groups excluding carboxylic acids is 1. The van der Waals surface area contributed by atoms with Crippen LogP contribution in [0, 0.1) is 0 Å². The normalized spacial score (nSPS) is 24.7. The minimum absolute atomic E-state index is 0.0152. The summed E-state index contributed by atoms with van der Waals surface area (Å²) < 4.78 is 17.0. The van der Waals surface area contributed by atoms with E-state index in [1.165, 1.54) is 23.1 Å². The lowest BCUT2D eigenvalue weighted by Gasteiger charge is -2.32. The van der Waals surface area contributed by atoms with Crippen molar-refractivity contribution >= 4 is 5.91 Å². The van der Waals surface area contributed by atoms with E-state index in [2.05, 4.69) is 28.4 Å². The van der Waals surface area contributed by atoms with Crippen molar-refractivity contribution in [2.75, 3.05) is 33.4 Å². The number of methoxy groups -OCH3 is 1. The van der Waals surface area contributed by atoms with E-state index in [-0.39, 0.29) is 18.1 Å². The van der Waals surface area contributed by atoms with Gasteiger partial charge in [-0.1, -0.05) is 18.2 Å². The van der Waals surface area contributed by atoms with Gasteiger partial charge in [-0.3, -0.25) is 9.69 Å². The van der Waals surface area contributed by atoms with Crippen LogP contribution < -0.4 is 10.1 Å². The van der Waals surface area contributed by atoms with E-state index in [0.717, 1.165) is 70.5 Å². The number of piperidine rings is 1. The molecule has 0 radical (unpaired) electrons. The lowest BCUT2D eigenvalue weighted by atomic mass is 9.87. The number of ether oxygens (including phenoxy) is 3. The van der Waals surface area contributed by atoms with Gasteiger partial charge in [0.2, 0.25) is 0 Å². The van der Waals surface area contributed by atoms with Crippen LogP contribution in [0.3, 0.4) is 0 Å². The van der Waals surface area contributed by atoms with Crippen molar-refractivity contribution in [3.05, 3.63) is 64.7 Å². The van der Waals surface area contributed by atoms with Crippen molar-refractivity contribution in [1.29, 1.82) is 0 Å². The first-order valence-electron chi connectivity index (χ1n) is 13.2. The molecule has 35 heavy (non-hydrogen) atoms. The number of amides is 1. The van der Waals surface area contributed by atoms with Crippen LogP contribution in [0.4, 0.5) is 0 Å². The molecular formula is C29H38N2O4. The van der Waals surface area contributed by atoms with Gasteiger partial charge >= 0.3 is 0 Å². The Kier molecular flexibility index (Phi) is 8.02. The molecule has 188 valence electrons. The highest BCUT2D eigenvalue weighted by molar-refractivity contribution is 5.94. The maximum Gasteiger partial charge on any atom is 0.251 e. The fourth-order valence-corrected chi connectivity index (χ4v) is 5.57. The molecule has 2 saturated heterocycles. The van der Waals surface area contributed by atoms with E-state index in [9.17, 15) is 4.79 Å². The van der Waals surface area contributed by atoms with E-state index < -0.39 is 0 Å². The Morgan fingerprint density at radius 3 is 2.77 bits per heavy atom. The fourth-order valence-electron chi connectivity index (χ4n) is 5.57. The Morgan fingerprint density at radius 1 is 1.09 bits per heavy atom. The fraction of sp³-hybridized carbons (Fsp3) is 0.552. The number of nitrogens with one attached hydrogen (secondary N) is 1. The molecule has 1 N–H and O–H groups in total. The van der Waals surface area contributed by atoms with Gasteiger partial charge in [-0.2, -0.15) is 0 Å². The summed E-state index contributed by atoms with van der Waals surface area (Å²) in [6.07, 6.45) is 7.95. The lowest BCUT2D eigenvalue weighted by molar-refractivity contribution is 0.0285. The number of likely N-dealkylation sites (tertiary alicyclic amines) is 1. The zero-order valence-electron chi connectivity index (χ0n) is 20.8. The van der Waals surface area contributed by atoms with Crippen LogP contribution in [0.1, 0.15) is 59.2 Å². The van der Waals surface area contributed by atoms with Crippen LogP contribution in [-0.2, 0) is 28.9 Å². The lowest BCUT2D eigenvalue weighted by Crippen LogP contribution is -2.39. The highest BCUT2D eigenvalue weighted by Crippen LogP contribution is 2.25. The minimum atomic E-state index is -0.0152. The molecule has 0 saturated carbocycles. The first-order chi connectivity index (χ1) is 17.2. The summed E-state index contributed by atoms with van der Waals surface area (Å²) in [5.41, 5.74) is 4.84. The first-order valence-corrected chi connectivity index (χ1v) is 13.2. The molecule has 0 spiro atoms. The van der Waals surface area contributed by atoms with Gasteiger partial charge in [0.25, 0.3) is 5.91 Å². The molecule has 6 nitrogen and oxygen atoms in total. The molecule has 3 atom stereocenters. The molecule has 2 heterocycles. The highest BCUT2D eigenvalue weighted by Gasteiger charge is 2.23. The Morgan fingerprint density at radius 2 is 1.97 bits per heavy atom. The molecule has 1 aliphatic carbocycles. The van der Waals surface area contributed by atoms with Crippen LogP contribution in [0.25, 0.3) is 0 Å². The average Bonchev–Trinajstić information content (AvgIpc) is 3.42. The Balaban J connectivity index is 1.11. The predicted octanol–water partition coefficient (Wildman–Crippen LogP) is 4.14. The monoisotopic (exact) mass is 478 g/mol. The molecule has 0 aromatic heterocycles. The van der Waals surface area contributed by atoms with E-state index in [4.69, 9.17) is 14.2 Å². The summed E-state index contributed by atoms with van der Waals surface area (Å²) in [4.78, 5) is 15.3. The molecule has 2 fully saturated rings. The average molecular weight is 479 g/mol. The van der Waals surface area contributed by atoms with Crippen molar-refractivity contribution in [2.45, 2.75) is 69.7 Å². The molecule has 2 aromatic rings. The van der Waals surface area contributed by atoms with Crippen LogP contribution in [0.2, 0.25) is 0 Å². The Bertz CT molecular complexity index is 987. The van der Waals surface area contributed by atoms with Crippen LogP contribution in [-0.4, -0.2) is 62.5 Å². The number of carbonyl (C=O) groups is 1. The summed E-state index contributed by atoms with van der Waals surface area (Å²) in [5.74, 6) is 0.764. The molecule has 1 amide bonds. The second-order valence-corrected chi connectivity index (χ2v) is 10.2. The van der Waals surface area contributed by atoms with Crippen molar-refractivity contribution in [3.8, 4) is 5.75 Å². The molecule has 2 aromatic carbocycles. The Labute approximate surface area is 208 Å². The SMILES string of the molecule is COC1CCCN(Cc2ccc3c(c2)CC[C@H](NC(=O)c2ccc(OC[C@@H]4CCCO4)cc2)C3)C1. The second-order valence-electron chi connectivity index (χ2n) is 10.2. The van der Waals surface area contributed by atoms with Crippen molar-refractivity contribution in [1.82, 2.24) is 10.2 Å². The zero-order chi connectivity index (χ0) is 24.0. The molecule has 3 aliphatic rings. The Hall–Kier alpha value is -2.41. The van der Waals surface area contributed by atoms with Crippen LogP contribution >= 0.6 is 0 Å². The molecule has 2 aliphatic heterocycles. The zero-order valence-corrected chi connectivity index (χ0v) is 20.8. The van der Waals surface area contributed by atoms with Gasteiger partial charge in [-0.25, -0.2) is 0 Å². The quantitative estimate of drug-likeness (QED) is 0.618. The van der Waals surface area contributed by atoms with E-state index in [1.807, 2.05) is 31.4 Å². The van der Waals surface area contributed by atoms with Gasteiger partial charge in [0.1, 0.15) is 12.4 Å². The minimum Gasteiger partial charge on any atom is -0.491 e. The topological polar surface area (TPSA) is 60.0 Å². The number of nitrogens with zero attached hydrogens (tertiary/aromatic N) is 1. The summed E-state index contributed by atoms with van der Waals surface area (Å²) in [6, 6.07) is 14.5. The van der Waals surface area contributed by atoms with Gasteiger partial charge in [-0.15, -0.1) is 0 Å². The third-order valence-corrected chi connectivity index (χ3v) is 7.61. The summed E-state index contributed by atoms with van der Waals surface area (Å²) in [7, 11) is 1.82. The van der Waals surface area contributed by atoms with E-state index in [0.29, 0.717) is 18.3 Å². The number of hydrogen-bond acceptors (Lipinski definition) is 5. The predicted molar refractivity (Wildman–Crippen MR) is 136 cm³/mol. The summed E-state index contributed by atoms with van der Waals surface area (Å²) in [5, 5.41) is 3.24. The van der Waals surface area contributed by atoms with Crippen LogP contribution in [0.5, 0.6) is 5.75 Å². The summed E-state index contributed by atoms with van der Waals surface area (Å²) in [6.45, 7) is 4.55. The third-order valence-electron chi connectivity index (χ3n) is 7.61. The van der Waals surface area contributed by atoms with Gasteiger partial charge < -0.3 is 19.5 Å². The van der Waals surface area contributed by atoms with Crippen molar-refractivity contribution in [2.24, 2.45) is 0 Å². The number of rotatable bonds is 8. The van der Waals surface area contributed by atoms with Crippen molar-refractivity contribution < 1.29 is 19.0 Å². The second kappa shape index (κ2) is 11.5. The molecule has 1 unspecified atom stereocenters. The number of fused-ring (bicyclic) bond motifs is 1. The molecular weight excluding hydrogens is 440 g/mol. The number of benzene rings is 2. The maximum absolute atomic E-state index is 12.8. The molecule has 5 rings (SSSR count). The smallest absolute Gasteiger partial charge is 0.251 e. The largest absolute Gasteiger partial charge is 0.491 e. The first kappa shape index (κ1) is 24.3. The number of aryl methyl sites for hydroxylation is 1. The van der Waals surface area contributed by atoms with E-state index >= 15 is 0 Å². The highest BCUT2D eigenvalue weighted by atomic mass is 16.5. The molecule has 6 heteroatoms. The van der Waals surface area contributed by atoms with Gasteiger partial charge in [0, 0.05) is 38.4 Å². The summed E-state index contributed by atoms with van der Waals surface area (Å²) >= 11 is 0. The van der Waals surface area contributed by atoms with Gasteiger partial charge in [-0.05, 0) is 92.4 Å².